The topological polar surface area (TPSA) is 99.3 Å². The number of hydrogen-bond donors (Lipinski definition) is 4. The third-order valence-corrected chi connectivity index (χ3v) is 4.53. The van der Waals surface area contributed by atoms with Crippen LogP contribution in [-0.2, 0) is 9.59 Å². The second-order valence-corrected chi connectivity index (χ2v) is 7.02. The number of unbranched alkanes of at least 4 members (excludes halogenated alkanes) is 1. The highest BCUT2D eigenvalue weighted by molar-refractivity contribution is 5.96. The molecule has 0 aliphatic heterocycles. The lowest BCUT2D eigenvalue weighted by Gasteiger charge is -2.12. The van der Waals surface area contributed by atoms with Crippen LogP contribution in [0.2, 0.25) is 0 Å². The van der Waals surface area contributed by atoms with Gasteiger partial charge < -0.3 is 21.3 Å². The minimum atomic E-state index is -0.215. The molecule has 160 valence electrons. The Kier molecular flexibility index (Phi) is 8.87. The number of hydrogen-bond acceptors (Lipinski definition) is 4. The molecule has 3 amide bonds. The number of anilines is 3. The van der Waals surface area contributed by atoms with E-state index in [2.05, 4.69) is 28.2 Å². The van der Waals surface area contributed by atoms with Crippen molar-refractivity contribution in [2.75, 3.05) is 29.0 Å². The summed E-state index contributed by atoms with van der Waals surface area (Å²) in [5.74, 6) is -0.392. The zero-order chi connectivity index (χ0) is 21.9. The van der Waals surface area contributed by atoms with Crippen LogP contribution in [0.4, 0.5) is 17.1 Å². The molecule has 0 unspecified atom stereocenters. The summed E-state index contributed by atoms with van der Waals surface area (Å²) in [5.41, 5.74) is 3.54. The van der Waals surface area contributed by atoms with Crippen LogP contribution in [-0.4, -0.2) is 30.8 Å². The van der Waals surface area contributed by atoms with Crippen LogP contribution >= 0.6 is 0 Å². The SMILES string of the molecule is CCCCNC(=O)c1ccc(NCC(=O)Nc2ccc(C)c(NC(=O)CC)c2)cc1. The van der Waals surface area contributed by atoms with Gasteiger partial charge in [0.1, 0.15) is 0 Å². The molecule has 0 bridgehead atoms. The fourth-order valence-corrected chi connectivity index (χ4v) is 2.68. The Labute approximate surface area is 177 Å². The first-order valence-corrected chi connectivity index (χ1v) is 10.3. The van der Waals surface area contributed by atoms with Crippen LogP contribution in [0.3, 0.4) is 0 Å². The monoisotopic (exact) mass is 410 g/mol. The van der Waals surface area contributed by atoms with Crippen molar-refractivity contribution >= 4 is 34.8 Å². The van der Waals surface area contributed by atoms with E-state index in [1.54, 1.807) is 43.3 Å². The summed E-state index contributed by atoms with van der Waals surface area (Å²) in [6, 6.07) is 12.4. The molecule has 7 heteroatoms. The third-order valence-electron chi connectivity index (χ3n) is 4.53. The zero-order valence-corrected chi connectivity index (χ0v) is 17.8. The number of nitrogens with one attached hydrogen (secondary N) is 4. The summed E-state index contributed by atoms with van der Waals surface area (Å²) in [4.78, 5) is 35.9. The van der Waals surface area contributed by atoms with Crippen molar-refractivity contribution in [3.8, 4) is 0 Å². The van der Waals surface area contributed by atoms with Gasteiger partial charge in [0, 0.05) is 35.6 Å². The largest absolute Gasteiger partial charge is 0.376 e. The Balaban J connectivity index is 1.86. The molecule has 0 aromatic heterocycles. The maximum absolute atomic E-state index is 12.3. The van der Waals surface area contributed by atoms with Crippen molar-refractivity contribution in [2.24, 2.45) is 0 Å². The van der Waals surface area contributed by atoms with E-state index in [9.17, 15) is 14.4 Å². The van der Waals surface area contributed by atoms with Gasteiger partial charge in [-0.25, -0.2) is 0 Å². The maximum Gasteiger partial charge on any atom is 0.251 e. The minimum Gasteiger partial charge on any atom is -0.376 e. The van der Waals surface area contributed by atoms with Gasteiger partial charge in [0.25, 0.3) is 5.91 Å². The lowest BCUT2D eigenvalue weighted by molar-refractivity contribution is -0.116. The van der Waals surface area contributed by atoms with Crippen molar-refractivity contribution < 1.29 is 14.4 Å². The Morgan fingerprint density at radius 1 is 0.867 bits per heavy atom. The molecule has 0 aliphatic carbocycles. The molecule has 0 aliphatic rings. The van der Waals surface area contributed by atoms with E-state index in [0.29, 0.717) is 29.9 Å². The molecule has 7 nitrogen and oxygen atoms in total. The Bertz CT molecular complexity index is 879. The lowest BCUT2D eigenvalue weighted by atomic mass is 10.1. The lowest BCUT2D eigenvalue weighted by Crippen LogP contribution is -2.24. The molecule has 2 aromatic rings. The van der Waals surface area contributed by atoms with E-state index in [0.717, 1.165) is 24.1 Å². The average Bonchev–Trinajstić information content (AvgIpc) is 2.75. The standard InChI is InChI=1S/C23H30N4O3/c1-4-6-13-24-23(30)17-8-11-18(12-9-17)25-15-22(29)26-19-10-7-16(3)20(14-19)27-21(28)5-2/h7-12,14,25H,4-6,13,15H2,1-3H3,(H,24,30)(H,26,29)(H,27,28). The maximum atomic E-state index is 12.3. The van der Waals surface area contributed by atoms with Crippen LogP contribution < -0.4 is 21.3 Å². The highest BCUT2D eigenvalue weighted by atomic mass is 16.2. The highest BCUT2D eigenvalue weighted by Crippen LogP contribution is 2.20. The van der Waals surface area contributed by atoms with Crippen LogP contribution in [0.15, 0.2) is 42.5 Å². The normalized spacial score (nSPS) is 10.2. The molecule has 0 radical (unpaired) electrons. The fraction of sp³-hybridized carbons (Fsp3) is 0.348. The second kappa shape index (κ2) is 11.6. The molecule has 0 saturated heterocycles. The molecule has 0 fully saturated rings. The van der Waals surface area contributed by atoms with Gasteiger partial charge in [-0.15, -0.1) is 0 Å². The average molecular weight is 411 g/mol. The quantitative estimate of drug-likeness (QED) is 0.446. The molecule has 30 heavy (non-hydrogen) atoms. The van der Waals surface area contributed by atoms with Gasteiger partial charge in [0.15, 0.2) is 0 Å². The number of carbonyl (C=O) groups is 3. The number of benzene rings is 2. The molecule has 2 aromatic carbocycles. The van der Waals surface area contributed by atoms with Crippen molar-refractivity contribution in [1.82, 2.24) is 5.32 Å². The van der Waals surface area contributed by atoms with E-state index in [1.807, 2.05) is 13.0 Å². The summed E-state index contributed by atoms with van der Waals surface area (Å²) < 4.78 is 0. The molecule has 2 rings (SSSR count). The first kappa shape index (κ1) is 22.9. The number of amides is 3. The summed E-state index contributed by atoms with van der Waals surface area (Å²) in [5, 5.41) is 11.5. The fourth-order valence-electron chi connectivity index (χ4n) is 2.68. The van der Waals surface area contributed by atoms with Crippen LogP contribution in [0.1, 0.15) is 49.0 Å². The number of carbonyl (C=O) groups excluding carboxylic acids is 3. The van der Waals surface area contributed by atoms with Gasteiger partial charge >= 0.3 is 0 Å². The predicted octanol–water partition coefficient (Wildman–Crippen LogP) is 3.92. The first-order valence-electron chi connectivity index (χ1n) is 10.3. The Morgan fingerprint density at radius 2 is 1.57 bits per heavy atom. The summed E-state index contributed by atoms with van der Waals surface area (Å²) in [6.45, 7) is 6.50. The van der Waals surface area contributed by atoms with Gasteiger partial charge in [-0.2, -0.15) is 0 Å². The minimum absolute atomic E-state index is 0.0760. The van der Waals surface area contributed by atoms with Gasteiger partial charge in [0.2, 0.25) is 11.8 Å². The van der Waals surface area contributed by atoms with E-state index in [-0.39, 0.29) is 24.3 Å². The molecule has 0 spiro atoms. The van der Waals surface area contributed by atoms with E-state index < -0.39 is 0 Å². The number of rotatable bonds is 10. The van der Waals surface area contributed by atoms with Gasteiger partial charge in [-0.3, -0.25) is 14.4 Å². The molecule has 0 atom stereocenters. The summed E-state index contributed by atoms with van der Waals surface area (Å²) >= 11 is 0. The second-order valence-electron chi connectivity index (χ2n) is 7.02. The van der Waals surface area contributed by atoms with Crippen molar-refractivity contribution in [2.45, 2.75) is 40.0 Å². The van der Waals surface area contributed by atoms with Crippen molar-refractivity contribution in [3.05, 3.63) is 53.6 Å². The molecular formula is C23H30N4O3. The van der Waals surface area contributed by atoms with Crippen molar-refractivity contribution in [1.29, 1.82) is 0 Å². The van der Waals surface area contributed by atoms with Gasteiger partial charge in [-0.05, 0) is 55.3 Å². The molecule has 4 N–H and O–H groups in total. The Hall–Kier alpha value is -3.35. The van der Waals surface area contributed by atoms with E-state index in [1.165, 1.54) is 0 Å². The van der Waals surface area contributed by atoms with Crippen LogP contribution in [0, 0.1) is 6.92 Å². The molecular weight excluding hydrogens is 380 g/mol. The van der Waals surface area contributed by atoms with E-state index >= 15 is 0 Å². The van der Waals surface area contributed by atoms with Crippen molar-refractivity contribution in [3.63, 3.8) is 0 Å². The van der Waals surface area contributed by atoms with Crippen LogP contribution in [0.25, 0.3) is 0 Å². The summed E-state index contributed by atoms with van der Waals surface area (Å²) in [7, 11) is 0. The molecule has 0 heterocycles. The highest BCUT2D eigenvalue weighted by Gasteiger charge is 2.08. The van der Waals surface area contributed by atoms with E-state index in [4.69, 9.17) is 0 Å². The predicted molar refractivity (Wildman–Crippen MR) is 121 cm³/mol. The van der Waals surface area contributed by atoms with Gasteiger partial charge in [0.05, 0.1) is 6.54 Å². The molecule has 0 saturated carbocycles. The van der Waals surface area contributed by atoms with Crippen LogP contribution in [0.5, 0.6) is 0 Å². The number of aryl methyl sites for hydroxylation is 1. The van der Waals surface area contributed by atoms with Gasteiger partial charge in [-0.1, -0.05) is 26.3 Å². The third kappa shape index (κ3) is 7.24. The zero-order valence-electron chi connectivity index (χ0n) is 17.8. The Morgan fingerprint density at radius 3 is 2.23 bits per heavy atom. The summed E-state index contributed by atoms with van der Waals surface area (Å²) in [6.07, 6.45) is 2.37. The first-order chi connectivity index (χ1) is 14.4. The smallest absolute Gasteiger partial charge is 0.251 e.